The summed E-state index contributed by atoms with van der Waals surface area (Å²) >= 11 is 0. The monoisotopic (exact) mass is 680 g/mol. The first-order valence-electron chi connectivity index (χ1n) is 18.3. The van der Waals surface area contributed by atoms with Crippen LogP contribution >= 0.6 is 0 Å². The second-order valence-corrected chi connectivity index (χ2v) is 15.3. The van der Waals surface area contributed by atoms with Crippen molar-refractivity contribution in [1.82, 2.24) is 29.0 Å². The van der Waals surface area contributed by atoms with Crippen molar-refractivity contribution in [3.05, 3.63) is 95.4 Å². The average Bonchev–Trinajstić information content (AvgIpc) is 3.88. The second kappa shape index (κ2) is 12.0. The molecule has 2 aromatic carbocycles. The number of imidazole rings is 1. The number of aromatic nitrogens is 5. The first kappa shape index (κ1) is 31.9. The van der Waals surface area contributed by atoms with E-state index in [1.807, 2.05) is 36.7 Å². The third-order valence-electron chi connectivity index (χ3n) is 11.7. The molecule has 2 fully saturated rings. The van der Waals surface area contributed by atoms with Crippen molar-refractivity contribution in [2.45, 2.75) is 77.6 Å². The molecule has 4 aromatic heterocycles. The number of ether oxygens (including phenoxy) is 1. The number of piperidine rings is 1. The Morgan fingerprint density at radius 3 is 2.63 bits per heavy atom. The van der Waals surface area contributed by atoms with Crippen molar-refractivity contribution in [3.8, 4) is 28.4 Å². The summed E-state index contributed by atoms with van der Waals surface area (Å²) in [5.74, 6) is 2.55. The summed E-state index contributed by atoms with van der Waals surface area (Å²) in [6.45, 7) is 7.87. The largest absolute Gasteiger partial charge is 0.494 e. The number of hydrogen-bond donors (Lipinski definition) is 1. The summed E-state index contributed by atoms with van der Waals surface area (Å²) < 4.78 is 10.6. The summed E-state index contributed by atoms with van der Waals surface area (Å²) in [6.07, 6.45) is 9.01. The van der Waals surface area contributed by atoms with E-state index in [4.69, 9.17) is 19.7 Å². The predicted octanol–water partition coefficient (Wildman–Crippen LogP) is 7.61. The Bertz CT molecular complexity index is 2330. The van der Waals surface area contributed by atoms with E-state index in [1.54, 1.807) is 21.0 Å². The van der Waals surface area contributed by atoms with Crippen LogP contribution in [-0.4, -0.2) is 59.7 Å². The van der Waals surface area contributed by atoms with Gasteiger partial charge in [-0.1, -0.05) is 31.2 Å². The Morgan fingerprint density at radius 1 is 0.980 bits per heavy atom. The molecule has 6 aromatic rings. The molecular weight excluding hydrogens is 637 g/mol. The van der Waals surface area contributed by atoms with Crippen molar-refractivity contribution in [1.29, 1.82) is 0 Å². The van der Waals surface area contributed by atoms with E-state index in [-0.39, 0.29) is 5.91 Å². The van der Waals surface area contributed by atoms with Gasteiger partial charge in [-0.25, -0.2) is 9.97 Å². The first-order valence-corrected chi connectivity index (χ1v) is 18.3. The topological polar surface area (TPSA) is 98.3 Å². The number of carbonyl (C=O) groups excluding carboxylic acids is 1. The predicted molar refractivity (Wildman–Crippen MR) is 199 cm³/mol. The molecule has 0 spiro atoms. The molecule has 2 aliphatic heterocycles. The summed E-state index contributed by atoms with van der Waals surface area (Å²) in [5.41, 5.74) is 8.09. The van der Waals surface area contributed by atoms with E-state index in [0.717, 1.165) is 78.0 Å². The highest BCUT2D eigenvalue weighted by atomic mass is 16.5. The highest BCUT2D eigenvalue weighted by Gasteiger charge is 2.46. The number of likely N-dealkylation sites (tertiary alicyclic amines) is 1. The third kappa shape index (κ3) is 5.32. The number of amides is 1. The Balaban J connectivity index is 1.26. The van der Waals surface area contributed by atoms with Gasteiger partial charge in [0.1, 0.15) is 22.5 Å². The second-order valence-electron chi connectivity index (χ2n) is 15.3. The lowest BCUT2D eigenvalue weighted by Gasteiger charge is -2.27. The number of methoxy groups -OCH3 is 1. The maximum Gasteiger partial charge on any atom is 0.254 e. The summed E-state index contributed by atoms with van der Waals surface area (Å²) in [5, 5.41) is 11.9. The number of carbonyl (C=O) groups is 1. The van der Waals surface area contributed by atoms with Crippen molar-refractivity contribution in [3.63, 3.8) is 0 Å². The average molecular weight is 681 g/mol. The van der Waals surface area contributed by atoms with Gasteiger partial charge in [0, 0.05) is 48.0 Å². The Hall–Kier alpha value is -5.02. The number of rotatable bonds is 3. The summed E-state index contributed by atoms with van der Waals surface area (Å²) in [6, 6.07) is 21.1. The number of hydrogen-bond acceptors (Lipinski definition) is 6. The molecule has 1 aliphatic carbocycles. The Labute approximate surface area is 297 Å². The molecule has 9 heteroatoms. The number of aliphatic hydroxyl groups is 1. The van der Waals surface area contributed by atoms with Crippen LogP contribution in [0.1, 0.15) is 73.6 Å². The van der Waals surface area contributed by atoms with Crippen LogP contribution in [0.2, 0.25) is 0 Å². The number of aryl methyl sites for hydroxylation is 2. The lowest BCUT2D eigenvalue weighted by molar-refractivity contribution is 0.0695. The third-order valence-corrected chi connectivity index (χ3v) is 11.7. The van der Waals surface area contributed by atoms with E-state index >= 15 is 0 Å². The normalized spacial score (nSPS) is 20.3. The molecule has 51 heavy (non-hydrogen) atoms. The molecule has 9 rings (SSSR count). The maximum atomic E-state index is 14.1. The summed E-state index contributed by atoms with van der Waals surface area (Å²) in [4.78, 5) is 31.3. The number of nitrogens with zero attached hydrogens (tertiary/aromatic N) is 6. The molecule has 9 nitrogen and oxygen atoms in total. The molecule has 3 atom stereocenters. The van der Waals surface area contributed by atoms with Crippen molar-refractivity contribution in [2.75, 3.05) is 13.7 Å². The highest BCUT2D eigenvalue weighted by Crippen LogP contribution is 2.44. The Morgan fingerprint density at radius 2 is 1.84 bits per heavy atom. The van der Waals surface area contributed by atoms with Crippen LogP contribution in [0.4, 0.5) is 0 Å². The van der Waals surface area contributed by atoms with Gasteiger partial charge in [0.2, 0.25) is 0 Å². The fraction of sp³-hybridized carbons (Fsp3) is 0.381. The zero-order chi connectivity index (χ0) is 35.0. The lowest BCUT2D eigenvalue weighted by Crippen LogP contribution is -2.38. The van der Waals surface area contributed by atoms with Gasteiger partial charge >= 0.3 is 0 Å². The van der Waals surface area contributed by atoms with Crippen LogP contribution in [0.3, 0.4) is 0 Å². The van der Waals surface area contributed by atoms with Gasteiger partial charge in [-0.3, -0.25) is 9.78 Å². The zero-order valence-electron chi connectivity index (χ0n) is 29.8. The van der Waals surface area contributed by atoms with Crippen LogP contribution in [0.5, 0.6) is 5.75 Å². The van der Waals surface area contributed by atoms with Gasteiger partial charge in [-0.05, 0) is 111 Å². The smallest absolute Gasteiger partial charge is 0.254 e. The lowest BCUT2D eigenvalue weighted by atomic mass is 9.96. The minimum Gasteiger partial charge on any atom is -0.494 e. The Kier molecular flexibility index (Phi) is 7.54. The standard InChI is InChI=1S/C42H44N6O3/c1-25-29-12-14-34(25)47(24-29)41(49)30-18-33-38(36(20-30)51-4)48-23-26-17-31(22-43-21-26)32-11-6-5-9-27(32)10-7-8-16-46-35(40(48)44-33)19-28-13-15-37(42(2,3)50)45-39(28)46/h5-6,9,11,13,15,17-22,25,29,34,50H,7-8,10,12,14,16,23-24H2,1-4H3/t25?,29-,34-/m1/s1. The number of benzene rings is 2. The van der Waals surface area contributed by atoms with Crippen LogP contribution in [0.25, 0.3) is 44.7 Å². The van der Waals surface area contributed by atoms with Crippen LogP contribution in [0.15, 0.2) is 73.1 Å². The molecule has 3 aliphatic rings. The van der Waals surface area contributed by atoms with E-state index in [0.29, 0.717) is 46.9 Å². The van der Waals surface area contributed by atoms with E-state index < -0.39 is 5.60 Å². The van der Waals surface area contributed by atoms with Gasteiger partial charge < -0.3 is 23.9 Å². The molecule has 1 saturated carbocycles. The fourth-order valence-electron chi connectivity index (χ4n) is 8.96. The molecule has 1 unspecified atom stereocenters. The van der Waals surface area contributed by atoms with Crippen molar-refractivity contribution < 1.29 is 14.6 Å². The minimum atomic E-state index is -1.09. The SMILES string of the molecule is COc1cc(C(=O)N2C[C@H]3CC[C@@H]2C3C)cc2nc3n(c12)Cc1cncc(c1)-c1ccccc1CCCCn1c-3cc2ccc(C(C)(C)O)nc21. The van der Waals surface area contributed by atoms with E-state index in [9.17, 15) is 9.90 Å². The van der Waals surface area contributed by atoms with Crippen molar-refractivity contribution >= 4 is 28.0 Å². The first-order chi connectivity index (χ1) is 24.7. The highest BCUT2D eigenvalue weighted by molar-refractivity contribution is 6.00. The maximum absolute atomic E-state index is 14.1. The molecule has 1 amide bonds. The van der Waals surface area contributed by atoms with Crippen molar-refractivity contribution in [2.24, 2.45) is 11.8 Å². The molecule has 260 valence electrons. The summed E-state index contributed by atoms with van der Waals surface area (Å²) in [7, 11) is 1.67. The zero-order valence-corrected chi connectivity index (χ0v) is 29.8. The minimum absolute atomic E-state index is 0.0526. The van der Waals surface area contributed by atoms with Gasteiger partial charge in [0.25, 0.3) is 5.91 Å². The molecule has 6 heterocycles. The quantitative estimate of drug-likeness (QED) is 0.207. The van der Waals surface area contributed by atoms with E-state index in [1.165, 1.54) is 17.5 Å². The molecule has 1 saturated heterocycles. The molecule has 1 N–H and O–H groups in total. The van der Waals surface area contributed by atoms with E-state index in [2.05, 4.69) is 57.4 Å². The molecule has 0 radical (unpaired) electrons. The number of pyridine rings is 2. The van der Waals surface area contributed by atoms with Crippen LogP contribution < -0.4 is 4.74 Å². The fourth-order valence-corrected chi connectivity index (χ4v) is 8.96. The van der Waals surface area contributed by atoms with Crippen LogP contribution in [0, 0.1) is 11.8 Å². The number of fused-ring (bicyclic) bond motifs is 13. The van der Waals surface area contributed by atoms with Gasteiger partial charge in [0.15, 0.2) is 5.82 Å². The van der Waals surface area contributed by atoms with Crippen LogP contribution in [-0.2, 0) is 25.1 Å². The van der Waals surface area contributed by atoms with Gasteiger partial charge in [-0.2, -0.15) is 0 Å². The molecular formula is C42H44N6O3. The molecule has 4 bridgehead atoms. The van der Waals surface area contributed by atoms with Gasteiger partial charge in [-0.15, -0.1) is 0 Å². The van der Waals surface area contributed by atoms with Gasteiger partial charge in [0.05, 0.1) is 30.6 Å².